The normalized spacial score (nSPS) is 17.4. The van der Waals surface area contributed by atoms with Crippen LogP contribution in [0.1, 0.15) is 141 Å². The lowest BCUT2D eigenvalue weighted by molar-refractivity contribution is -0.225. The summed E-state index contributed by atoms with van der Waals surface area (Å²) in [5.41, 5.74) is -1.43. The quantitative estimate of drug-likeness (QED) is 0.0306. The number of hydrogen-bond acceptors (Lipinski definition) is 10. The number of nitrogens with zero attached hydrogens (tertiary/aromatic N) is 2. The zero-order valence-electron chi connectivity index (χ0n) is 39.0. The van der Waals surface area contributed by atoms with Crippen LogP contribution in [0.5, 0.6) is 0 Å². The fourth-order valence-electron chi connectivity index (χ4n) is 7.20. The highest BCUT2D eigenvalue weighted by Gasteiger charge is 2.39. The van der Waals surface area contributed by atoms with Gasteiger partial charge in [-0.1, -0.05) is 63.3 Å². The fraction of sp³-hybridized carbons (Fsp3) is 0.739. The third-order valence-electron chi connectivity index (χ3n) is 10.6. The van der Waals surface area contributed by atoms with E-state index in [1.807, 2.05) is 97.9 Å². The number of likely N-dealkylation sites (tertiary alicyclic amines) is 1. The third-order valence-corrected chi connectivity index (χ3v) is 10.6. The summed E-state index contributed by atoms with van der Waals surface area (Å²) in [6, 6.07) is 7.80. The largest absolute Gasteiger partial charge is 0.444 e. The standard InChI is InChI=1S/C46H80N6O8/c1-14-45(10,11)52(58)46(12,13)26-28-47-38(53)36(22-18-27-48-41(56)59-43(4,5)6)50-39(54)37-23-19-29-51(37)40(55)34(31-33-20-16-15-17-21-33)24-25-35(30-32(2)3)49-42(57)60-44(7,8)9/h15-17,20-21,24-25,32,34-38,47,53,58H,14,18-19,22-23,26-31H2,1-13H3,(H,48,56)(H,49,57)(H,50,54)/b25-24+/t34-,35-,36+,37-,38?/m1/s1. The Morgan fingerprint density at radius 2 is 1.50 bits per heavy atom. The summed E-state index contributed by atoms with van der Waals surface area (Å²) in [5, 5.41) is 35.8. The molecule has 0 spiro atoms. The SMILES string of the molecule is CCC(C)(C)N(O)C(C)(C)CCNC(O)[C@H](CCCNC(=O)OC(C)(C)C)NC(=O)[C@H]1CCCN1C(=O)[C@H](/C=C/[C@H](CC(C)C)NC(=O)OC(C)(C)C)Cc1ccccc1. The molecule has 1 aliphatic rings. The van der Waals surface area contributed by atoms with Crippen LogP contribution in [0.3, 0.4) is 0 Å². The van der Waals surface area contributed by atoms with Crippen LogP contribution in [-0.4, -0.2) is 111 Å². The number of nitrogens with one attached hydrogen (secondary N) is 4. The molecule has 6 N–H and O–H groups in total. The molecule has 1 aromatic rings. The minimum atomic E-state index is -1.16. The van der Waals surface area contributed by atoms with Crippen LogP contribution in [0.2, 0.25) is 0 Å². The Kier molecular flexibility index (Phi) is 20.5. The molecular weight excluding hydrogens is 765 g/mol. The molecule has 0 aromatic heterocycles. The fourth-order valence-corrected chi connectivity index (χ4v) is 7.20. The summed E-state index contributed by atoms with van der Waals surface area (Å²) in [4.78, 5) is 55.4. The number of ether oxygens (including phenoxy) is 2. The molecule has 1 heterocycles. The number of benzene rings is 1. The van der Waals surface area contributed by atoms with E-state index >= 15 is 0 Å². The Morgan fingerprint density at radius 3 is 2.08 bits per heavy atom. The lowest BCUT2D eigenvalue weighted by Crippen LogP contribution is -2.57. The van der Waals surface area contributed by atoms with Crippen LogP contribution in [0.15, 0.2) is 42.5 Å². The van der Waals surface area contributed by atoms with E-state index in [1.54, 1.807) is 25.7 Å². The summed E-state index contributed by atoms with van der Waals surface area (Å²) in [6.07, 6.45) is 5.56. The van der Waals surface area contributed by atoms with E-state index in [0.717, 1.165) is 12.0 Å². The summed E-state index contributed by atoms with van der Waals surface area (Å²) in [7, 11) is 0. The second-order valence-corrected chi connectivity index (χ2v) is 19.9. The molecule has 4 amide bonds. The molecule has 0 saturated carbocycles. The molecule has 1 aliphatic heterocycles. The van der Waals surface area contributed by atoms with Crippen molar-refractivity contribution >= 4 is 24.0 Å². The second-order valence-electron chi connectivity index (χ2n) is 19.9. The highest BCUT2D eigenvalue weighted by Crippen LogP contribution is 2.28. The molecule has 0 radical (unpaired) electrons. The number of aliphatic hydroxyl groups excluding tert-OH is 1. The van der Waals surface area contributed by atoms with Crippen molar-refractivity contribution in [3.8, 4) is 0 Å². The monoisotopic (exact) mass is 845 g/mol. The maximum Gasteiger partial charge on any atom is 0.408 e. The average Bonchev–Trinajstić information content (AvgIpc) is 3.63. The summed E-state index contributed by atoms with van der Waals surface area (Å²) >= 11 is 0. The molecule has 2 rings (SSSR count). The van der Waals surface area contributed by atoms with Crippen molar-refractivity contribution in [2.75, 3.05) is 19.6 Å². The van der Waals surface area contributed by atoms with Crippen LogP contribution in [0, 0.1) is 11.8 Å². The summed E-state index contributed by atoms with van der Waals surface area (Å²) in [6.45, 7) is 25.7. The Labute approximate surface area is 360 Å². The number of alkyl carbamates (subject to hydrolysis) is 2. The Morgan fingerprint density at radius 1 is 0.883 bits per heavy atom. The highest BCUT2D eigenvalue weighted by molar-refractivity contribution is 5.90. The number of carbonyl (C=O) groups excluding carboxylic acids is 4. The number of carbonyl (C=O) groups is 4. The molecule has 14 heteroatoms. The van der Waals surface area contributed by atoms with Crippen LogP contribution < -0.4 is 21.3 Å². The van der Waals surface area contributed by atoms with Gasteiger partial charge in [0.15, 0.2) is 0 Å². The lowest BCUT2D eigenvalue weighted by Gasteiger charge is -2.44. The predicted molar refractivity (Wildman–Crippen MR) is 236 cm³/mol. The van der Waals surface area contributed by atoms with Gasteiger partial charge in [0.2, 0.25) is 11.8 Å². The molecule has 60 heavy (non-hydrogen) atoms. The van der Waals surface area contributed by atoms with Gasteiger partial charge < -0.3 is 40.6 Å². The Balaban J connectivity index is 2.32. The van der Waals surface area contributed by atoms with Gasteiger partial charge in [-0.25, -0.2) is 9.59 Å². The molecule has 1 fully saturated rings. The predicted octanol–water partition coefficient (Wildman–Crippen LogP) is 7.08. The molecule has 0 bridgehead atoms. The van der Waals surface area contributed by atoms with Crippen LogP contribution in [0.25, 0.3) is 0 Å². The maximum absolute atomic E-state index is 14.5. The van der Waals surface area contributed by atoms with Crippen molar-refractivity contribution in [2.45, 2.75) is 188 Å². The van der Waals surface area contributed by atoms with E-state index < -0.39 is 58.7 Å². The first kappa shape index (κ1) is 52.4. The first-order chi connectivity index (χ1) is 27.7. The zero-order chi connectivity index (χ0) is 45.5. The van der Waals surface area contributed by atoms with Gasteiger partial charge in [0, 0.05) is 24.2 Å². The van der Waals surface area contributed by atoms with Gasteiger partial charge in [0.25, 0.3) is 0 Å². The minimum absolute atomic E-state index is 0.198. The number of rotatable bonds is 22. The van der Waals surface area contributed by atoms with Gasteiger partial charge in [0.05, 0.1) is 18.0 Å². The smallest absolute Gasteiger partial charge is 0.408 e. The van der Waals surface area contributed by atoms with E-state index in [0.29, 0.717) is 58.0 Å². The first-order valence-electron chi connectivity index (χ1n) is 21.9. The van der Waals surface area contributed by atoms with Gasteiger partial charge in [-0.3, -0.25) is 14.9 Å². The second kappa shape index (κ2) is 23.5. The van der Waals surface area contributed by atoms with Crippen molar-refractivity contribution < 1.29 is 39.0 Å². The molecule has 1 aromatic carbocycles. The molecule has 0 aliphatic carbocycles. The first-order valence-corrected chi connectivity index (χ1v) is 21.9. The Hall–Kier alpha value is -3.72. The topological polar surface area (TPSA) is 182 Å². The van der Waals surface area contributed by atoms with E-state index in [-0.39, 0.29) is 30.3 Å². The van der Waals surface area contributed by atoms with Crippen molar-refractivity contribution in [3.63, 3.8) is 0 Å². The van der Waals surface area contributed by atoms with E-state index in [9.17, 15) is 29.5 Å². The van der Waals surface area contributed by atoms with Gasteiger partial charge >= 0.3 is 12.2 Å². The average molecular weight is 845 g/mol. The summed E-state index contributed by atoms with van der Waals surface area (Å²) in [5.74, 6) is -0.939. The zero-order valence-corrected chi connectivity index (χ0v) is 39.0. The van der Waals surface area contributed by atoms with Gasteiger partial charge in [0.1, 0.15) is 23.5 Å². The molecule has 1 saturated heterocycles. The third kappa shape index (κ3) is 18.9. The van der Waals surface area contributed by atoms with E-state index in [1.165, 1.54) is 5.06 Å². The molecule has 5 atom stereocenters. The van der Waals surface area contributed by atoms with E-state index in [2.05, 4.69) is 35.1 Å². The number of hydrogen-bond donors (Lipinski definition) is 6. The van der Waals surface area contributed by atoms with Crippen LogP contribution in [-0.2, 0) is 25.5 Å². The van der Waals surface area contributed by atoms with Crippen molar-refractivity contribution in [1.29, 1.82) is 0 Å². The molecule has 14 nitrogen and oxygen atoms in total. The van der Waals surface area contributed by atoms with Crippen molar-refractivity contribution in [1.82, 2.24) is 31.2 Å². The molecule has 1 unspecified atom stereocenters. The maximum atomic E-state index is 14.5. The van der Waals surface area contributed by atoms with Crippen molar-refractivity contribution in [3.05, 3.63) is 48.0 Å². The molecular formula is C46H80N6O8. The Bertz CT molecular complexity index is 1520. The number of aliphatic hydroxyl groups is 1. The van der Waals surface area contributed by atoms with Crippen molar-refractivity contribution in [2.24, 2.45) is 11.8 Å². The minimum Gasteiger partial charge on any atom is -0.444 e. The number of amides is 4. The lowest BCUT2D eigenvalue weighted by atomic mass is 9.91. The van der Waals surface area contributed by atoms with Gasteiger partial charge in [-0.05, 0) is 139 Å². The molecule has 342 valence electrons. The van der Waals surface area contributed by atoms with E-state index in [4.69, 9.17) is 9.47 Å². The van der Waals surface area contributed by atoms with Crippen LogP contribution in [0.4, 0.5) is 9.59 Å². The van der Waals surface area contributed by atoms with Crippen LogP contribution >= 0.6 is 0 Å². The number of hydroxylamine groups is 2. The van der Waals surface area contributed by atoms with Gasteiger partial charge in [-0.15, -0.1) is 0 Å². The summed E-state index contributed by atoms with van der Waals surface area (Å²) < 4.78 is 10.9. The van der Waals surface area contributed by atoms with Gasteiger partial charge in [-0.2, -0.15) is 5.06 Å². The highest BCUT2D eigenvalue weighted by atomic mass is 16.6.